The van der Waals surface area contributed by atoms with Gasteiger partial charge in [-0.05, 0) is 30.7 Å². The summed E-state index contributed by atoms with van der Waals surface area (Å²) in [5, 5.41) is 0. The van der Waals surface area contributed by atoms with Gasteiger partial charge in [0.1, 0.15) is 5.82 Å². The summed E-state index contributed by atoms with van der Waals surface area (Å²) in [6, 6.07) is 10.5. The van der Waals surface area contributed by atoms with Crippen molar-refractivity contribution in [1.29, 1.82) is 0 Å². The Morgan fingerprint density at radius 1 is 1.11 bits per heavy atom. The highest BCUT2D eigenvalue weighted by atomic mass is 32.2. The zero-order valence-corrected chi connectivity index (χ0v) is 11.2. The zero-order chi connectivity index (χ0) is 14.0. The van der Waals surface area contributed by atoms with E-state index in [1.807, 2.05) is 19.1 Å². The number of nitrogens with two attached hydrogens (primary N) is 1. The number of hydrogen-bond acceptors (Lipinski definition) is 3. The molecule has 2 N–H and O–H groups in total. The van der Waals surface area contributed by atoms with Crippen LogP contribution in [-0.4, -0.2) is 8.42 Å². The monoisotopic (exact) mass is 279 g/mol. The second-order valence-corrected chi connectivity index (χ2v) is 6.38. The second kappa shape index (κ2) is 5.01. The van der Waals surface area contributed by atoms with Crippen molar-refractivity contribution in [3.05, 3.63) is 59.4 Å². The van der Waals surface area contributed by atoms with Gasteiger partial charge in [0.25, 0.3) is 0 Å². The average Bonchev–Trinajstić information content (AvgIpc) is 2.35. The maximum absolute atomic E-state index is 13.1. The first-order valence-electron chi connectivity index (χ1n) is 5.72. The molecule has 0 radical (unpaired) electrons. The Labute approximate surface area is 111 Å². The molecule has 5 heteroatoms. The molecule has 0 aromatic heterocycles. The van der Waals surface area contributed by atoms with Crippen molar-refractivity contribution in [3.63, 3.8) is 0 Å². The van der Waals surface area contributed by atoms with Crippen LogP contribution in [0.1, 0.15) is 11.1 Å². The Kier molecular flexibility index (Phi) is 3.57. The Bertz CT molecular complexity index is 694. The minimum absolute atomic E-state index is 0.0634. The minimum atomic E-state index is -3.64. The Balaban J connectivity index is 2.37. The molecule has 100 valence electrons. The molecule has 0 aliphatic heterocycles. The first-order valence-corrected chi connectivity index (χ1v) is 7.37. The topological polar surface area (TPSA) is 60.2 Å². The molecule has 2 aromatic rings. The van der Waals surface area contributed by atoms with Gasteiger partial charge in [-0.15, -0.1) is 0 Å². The number of nitrogen functional groups attached to an aromatic ring is 1. The van der Waals surface area contributed by atoms with E-state index in [0.717, 1.165) is 17.7 Å². The molecular formula is C14H14FNO2S. The van der Waals surface area contributed by atoms with Gasteiger partial charge in [0, 0.05) is 0 Å². The van der Waals surface area contributed by atoms with E-state index in [2.05, 4.69) is 0 Å². The number of halogens is 1. The third kappa shape index (κ3) is 3.12. The molecule has 0 atom stereocenters. The summed E-state index contributed by atoms with van der Waals surface area (Å²) in [4.78, 5) is -0.159. The predicted octanol–water partition coefficient (Wildman–Crippen LogP) is 2.69. The molecule has 3 nitrogen and oxygen atoms in total. The highest BCUT2D eigenvalue weighted by Gasteiger charge is 2.19. The molecule has 0 saturated heterocycles. The van der Waals surface area contributed by atoms with E-state index in [1.54, 1.807) is 12.1 Å². The SMILES string of the molecule is Cc1ccc(CS(=O)(=O)c2cc(F)ccc2N)cc1. The largest absolute Gasteiger partial charge is 0.398 e. The van der Waals surface area contributed by atoms with E-state index in [9.17, 15) is 12.8 Å². The molecule has 0 unspecified atom stereocenters. The quantitative estimate of drug-likeness (QED) is 0.879. The lowest BCUT2D eigenvalue weighted by Gasteiger charge is -2.08. The minimum Gasteiger partial charge on any atom is -0.398 e. The van der Waals surface area contributed by atoms with Gasteiger partial charge < -0.3 is 5.73 Å². The fraction of sp³-hybridized carbons (Fsp3) is 0.143. The Morgan fingerprint density at radius 3 is 2.37 bits per heavy atom. The molecular weight excluding hydrogens is 265 g/mol. The van der Waals surface area contributed by atoms with E-state index in [0.29, 0.717) is 5.56 Å². The van der Waals surface area contributed by atoms with Crippen LogP contribution in [0.3, 0.4) is 0 Å². The summed E-state index contributed by atoms with van der Waals surface area (Å²) in [5.41, 5.74) is 7.37. The van der Waals surface area contributed by atoms with Crippen LogP contribution >= 0.6 is 0 Å². The predicted molar refractivity (Wildman–Crippen MR) is 72.9 cm³/mol. The third-order valence-corrected chi connectivity index (χ3v) is 4.53. The lowest BCUT2D eigenvalue weighted by Crippen LogP contribution is -2.08. The van der Waals surface area contributed by atoms with Gasteiger partial charge in [-0.25, -0.2) is 12.8 Å². The van der Waals surface area contributed by atoms with Gasteiger partial charge in [0.2, 0.25) is 0 Å². The Hall–Kier alpha value is -1.88. The van der Waals surface area contributed by atoms with Crippen LogP contribution in [0.4, 0.5) is 10.1 Å². The molecule has 2 rings (SSSR count). The summed E-state index contributed by atoms with van der Waals surface area (Å²) >= 11 is 0. The van der Waals surface area contributed by atoms with Gasteiger partial charge >= 0.3 is 0 Å². The van der Waals surface area contributed by atoms with E-state index < -0.39 is 15.7 Å². The highest BCUT2D eigenvalue weighted by Crippen LogP contribution is 2.23. The van der Waals surface area contributed by atoms with Crippen LogP contribution in [0.5, 0.6) is 0 Å². The fourth-order valence-electron chi connectivity index (χ4n) is 1.76. The first-order chi connectivity index (χ1) is 8.88. The molecule has 0 heterocycles. The van der Waals surface area contributed by atoms with E-state index >= 15 is 0 Å². The van der Waals surface area contributed by atoms with E-state index in [1.165, 1.54) is 6.07 Å². The molecule has 0 aliphatic carbocycles. The van der Waals surface area contributed by atoms with Crippen molar-refractivity contribution >= 4 is 15.5 Å². The average molecular weight is 279 g/mol. The molecule has 0 bridgehead atoms. The number of sulfone groups is 1. The van der Waals surface area contributed by atoms with Gasteiger partial charge in [-0.1, -0.05) is 29.8 Å². The van der Waals surface area contributed by atoms with Gasteiger partial charge in [0.15, 0.2) is 9.84 Å². The maximum atomic E-state index is 13.1. The molecule has 0 aliphatic rings. The van der Waals surface area contributed by atoms with Crippen LogP contribution in [0.15, 0.2) is 47.4 Å². The summed E-state index contributed by atoms with van der Waals surface area (Å²) in [7, 11) is -3.64. The van der Waals surface area contributed by atoms with Crippen LogP contribution in [0, 0.1) is 12.7 Å². The maximum Gasteiger partial charge on any atom is 0.184 e. The van der Waals surface area contributed by atoms with Crippen molar-refractivity contribution in [2.24, 2.45) is 0 Å². The van der Waals surface area contributed by atoms with E-state index in [4.69, 9.17) is 5.73 Å². The van der Waals surface area contributed by atoms with Crippen LogP contribution < -0.4 is 5.73 Å². The van der Waals surface area contributed by atoms with E-state index in [-0.39, 0.29) is 16.3 Å². The number of hydrogen-bond donors (Lipinski definition) is 1. The number of aryl methyl sites for hydroxylation is 1. The smallest absolute Gasteiger partial charge is 0.184 e. The number of rotatable bonds is 3. The van der Waals surface area contributed by atoms with Crippen molar-refractivity contribution in [3.8, 4) is 0 Å². The van der Waals surface area contributed by atoms with Gasteiger partial charge in [-0.3, -0.25) is 0 Å². The second-order valence-electron chi connectivity index (χ2n) is 4.43. The van der Waals surface area contributed by atoms with Crippen LogP contribution in [0.25, 0.3) is 0 Å². The van der Waals surface area contributed by atoms with Crippen molar-refractivity contribution in [2.45, 2.75) is 17.6 Å². The number of benzene rings is 2. The molecule has 0 amide bonds. The van der Waals surface area contributed by atoms with Gasteiger partial charge in [-0.2, -0.15) is 0 Å². The molecule has 0 saturated carbocycles. The highest BCUT2D eigenvalue weighted by molar-refractivity contribution is 7.90. The molecule has 19 heavy (non-hydrogen) atoms. The summed E-state index contributed by atoms with van der Waals surface area (Å²) in [6.45, 7) is 1.92. The molecule has 0 fully saturated rings. The van der Waals surface area contributed by atoms with Crippen LogP contribution in [0.2, 0.25) is 0 Å². The standard InChI is InChI=1S/C14H14FNO2S/c1-10-2-4-11(5-3-10)9-19(17,18)14-8-12(15)6-7-13(14)16/h2-8H,9,16H2,1H3. The normalized spacial score (nSPS) is 11.5. The Morgan fingerprint density at radius 2 is 1.74 bits per heavy atom. The summed E-state index contributed by atoms with van der Waals surface area (Å²) in [6.07, 6.45) is 0. The first kappa shape index (κ1) is 13.5. The molecule has 0 spiro atoms. The molecule has 2 aromatic carbocycles. The van der Waals surface area contributed by atoms with Crippen molar-refractivity contribution in [1.82, 2.24) is 0 Å². The number of anilines is 1. The van der Waals surface area contributed by atoms with Crippen molar-refractivity contribution < 1.29 is 12.8 Å². The zero-order valence-electron chi connectivity index (χ0n) is 10.4. The summed E-state index contributed by atoms with van der Waals surface area (Å²) < 4.78 is 37.6. The summed E-state index contributed by atoms with van der Waals surface area (Å²) in [5.74, 6) is -0.808. The van der Waals surface area contributed by atoms with Gasteiger partial charge in [0.05, 0.1) is 16.3 Å². The fourth-order valence-corrected chi connectivity index (χ4v) is 3.27. The lowest BCUT2D eigenvalue weighted by molar-refractivity contribution is 0.590. The van der Waals surface area contributed by atoms with Crippen LogP contribution in [-0.2, 0) is 15.6 Å². The van der Waals surface area contributed by atoms with Crippen molar-refractivity contribution in [2.75, 3.05) is 5.73 Å². The lowest BCUT2D eigenvalue weighted by atomic mass is 10.2. The third-order valence-electron chi connectivity index (χ3n) is 2.79.